The molecule has 0 radical (unpaired) electrons. The molecule has 0 spiro atoms. The molecule has 1 aliphatic carbocycles. The highest BCUT2D eigenvalue weighted by Gasteiger charge is 2.33. The summed E-state index contributed by atoms with van der Waals surface area (Å²) in [4.78, 5) is 19.5. The third-order valence-corrected chi connectivity index (χ3v) is 9.05. The molecule has 0 saturated carbocycles. The highest BCUT2D eigenvalue weighted by atomic mass is 35.5. The molecular weight excluding hydrogens is 563 g/mol. The predicted octanol–water partition coefficient (Wildman–Crippen LogP) is 9.06. The zero-order valence-corrected chi connectivity index (χ0v) is 25.1. The van der Waals surface area contributed by atoms with Crippen molar-refractivity contribution in [3.63, 3.8) is 0 Å². The van der Waals surface area contributed by atoms with Crippen LogP contribution in [0.25, 0.3) is 0 Å². The molecular formula is C32H32Cl2N2O3S. The van der Waals surface area contributed by atoms with Crippen molar-refractivity contribution in [2.75, 3.05) is 0 Å². The summed E-state index contributed by atoms with van der Waals surface area (Å²) in [6.45, 7) is 7.54. The Bertz CT molecular complexity index is 1520. The number of carbonyl (C=O) groups excluding carboxylic acids is 1. The van der Waals surface area contributed by atoms with E-state index in [2.05, 4.69) is 26.1 Å². The summed E-state index contributed by atoms with van der Waals surface area (Å²) >= 11 is 13.9. The third-order valence-electron chi connectivity index (χ3n) is 7.30. The molecule has 0 aliphatic heterocycles. The number of aliphatic imine (C=N–C) groups is 1. The highest BCUT2D eigenvalue weighted by Crippen LogP contribution is 2.45. The van der Waals surface area contributed by atoms with Crippen molar-refractivity contribution in [3.05, 3.63) is 104 Å². The van der Waals surface area contributed by atoms with Gasteiger partial charge in [0.05, 0.1) is 18.4 Å². The van der Waals surface area contributed by atoms with E-state index < -0.39 is 0 Å². The van der Waals surface area contributed by atoms with Crippen LogP contribution in [0.5, 0.6) is 5.75 Å². The summed E-state index contributed by atoms with van der Waals surface area (Å²) in [5.74, 6) is 1.86. The number of amides is 1. The van der Waals surface area contributed by atoms with Gasteiger partial charge in [-0.3, -0.25) is 4.79 Å². The lowest BCUT2D eigenvalue weighted by molar-refractivity contribution is 0.0947. The smallest absolute Gasteiger partial charge is 0.255 e. The third kappa shape index (κ3) is 6.80. The normalized spacial score (nSPS) is 15.3. The Kier molecular flexibility index (Phi) is 8.69. The van der Waals surface area contributed by atoms with Crippen molar-refractivity contribution >= 4 is 51.7 Å². The first-order chi connectivity index (χ1) is 19.2. The van der Waals surface area contributed by atoms with Gasteiger partial charge in [0.25, 0.3) is 5.91 Å². The summed E-state index contributed by atoms with van der Waals surface area (Å²) in [5.41, 5.74) is 3.75. The maximum absolute atomic E-state index is 13.4. The van der Waals surface area contributed by atoms with E-state index >= 15 is 0 Å². The number of carbonyl (C=O) groups is 1. The molecule has 1 N–H and O–H groups in total. The first kappa shape index (κ1) is 28.5. The van der Waals surface area contributed by atoms with E-state index in [1.807, 2.05) is 42.5 Å². The standard InChI is InChI=1S/C32H32Cl2N2O3S/c1-32(2,3)22-10-12-26-28(15-22)40-31(29(26)30(37)35-18-25-8-5-13-38-25)36-17-20-6-4-7-24(14-20)39-19-21-9-11-23(33)16-27(21)34/h4-9,11,13-14,16-17,22H,10,12,15,18-19H2,1-3H3,(H,35,37)/t22-/m1/s1. The van der Waals surface area contributed by atoms with Crippen molar-refractivity contribution in [2.24, 2.45) is 16.3 Å². The summed E-state index contributed by atoms with van der Waals surface area (Å²) in [6, 6.07) is 16.7. The number of nitrogens with one attached hydrogen (secondary N) is 1. The molecule has 2 aromatic carbocycles. The van der Waals surface area contributed by atoms with Gasteiger partial charge in [0.2, 0.25) is 0 Å². The number of nitrogens with zero attached hydrogens (tertiary/aromatic N) is 1. The van der Waals surface area contributed by atoms with Gasteiger partial charge in [-0.1, -0.05) is 62.2 Å². The van der Waals surface area contributed by atoms with Gasteiger partial charge in [0.1, 0.15) is 23.1 Å². The number of ether oxygens (including phenoxy) is 1. The molecule has 40 heavy (non-hydrogen) atoms. The lowest BCUT2D eigenvalue weighted by Gasteiger charge is -2.33. The Morgan fingerprint density at radius 2 is 2.02 bits per heavy atom. The van der Waals surface area contributed by atoms with E-state index in [1.165, 1.54) is 4.88 Å². The Labute approximate surface area is 249 Å². The first-order valence-electron chi connectivity index (χ1n) is 13.3. The largest absolute Gasteiger partial charge is 0.489 e. The molecule has 8 heteroatoms. The molecule has 1 amide bonds. The van der Waals surface area contributed by atoms with Gasteiger partial charge in [-0.15, -0.1) is 11.3 Å². The Balaban J connectivity index is 1.37. The quantitative estimate of drug-likeness (QED) is 0.207. The molecule has 0 fully saturated rings. The van der Waals surface area contributed by atoms with Crippen LogP contribution in [0.2, 0.25) is 10.0 Å². The number of hydrogen-bond acceptors (Lipinski definition) is 5. The Morgan fingerprint density at radius 1 is 1.18 bits per heavy atom. The van der Waals surface area contributed by atoms with E-state index in [4.69, 9.17) is 37.3 Å². The molecule has 0 unspecified atom stereocenters. The lowest BCUT2D eigenvalue weighted by atomic mass is 9.72. The van der Waals surface area contributed by atoms with Crippen LogP contribution in [-0.4, -0.2) is 12.1 Å². The molecule has 2 heterocycles. The van der Waals surface area contributed by atoms with Crippen LogP contribution in [0.1, 0.15) is 64.9 Å². The second kappa shape index (κ2) is 12.2. The summed E-state index contributed by atoms with van der Waals surface area (Å²) < 4.78 is 11.4. The number of fused-ring (bicyclic) bond motifs is 1. The monoisotopic (exact) mass is 594 g/mol. The van der Waals surface area contributed by atoms with Crippen LogP contribution in [0.3, 0.4) is 0 Å². The van der Waals surface area contributed by atoms with E-state index in [0.29, 0.717) is 46.2 Å². The van der Waals surface area contributed by atoms with Gasteiger partial charge in [-0.25, -0.2) is 4.99 Å². The minimum Gasteiger partial charge on any atom is -0.489 e. The minimum atomic E-state index is -0.118. The fourth-order valence-electron chi connectivity index (χ4n) is 4.92. The predicted molar refractivity (Wildman–Crippen MR) is 164 cm³/mol. The average molecular weight is 596 g/mol. The molecule has 208 valence electrons. The van der Waals surface area contributed by atoms with Gasteiger partial charge in [0, 0.05) is 26.7 Å². The number of rotatable bonds is 8. The van der Waals surface area contributed by atoms with E-state index in [9.17, 15) is 4.79 Å². The molecule has 0 bridgehead atoms. The number of hydrogen-bond donors (Lipinski definition) is 1. The van der Waals surface area contributed by atoms with Crippen molar-refractivity contribution in [2.45, 2.75) is 53.2 Å². The van der Waals surface area contributed by atoms with E-state index in [1.54, 1.807) is 35.9 Å². The van der Waals surface area contributed by atoms with Crippen LogP contribution in [-0.2, 0) is 26.0 Å². The maximum Gasteiger partial charge on any atom is 0.255 e. The van der Waals surface area contributed by atoms with Crippen LogP contribution < -0.4 is 10.1 Å². The second-order valence-corrected chi connectivity index (χ2v) is 13.0. The van der Waals surface area contributed by atoms with E-state index in [-0.39, 0.29) is 11.3 Å². The Hall–Kier alpha value is -3.06. The van der Waals surface area contributed by atoms with Gasteiger partial charge in [-0.05, 0) is 78.1 Å². The fraction of sp³-hybridized carbons (Fsp3) is 0.312. The molecule has 4 aromatic rings. The zero-order valence-electron chi connectivity index (χ0n) is 22.8. The Morgan fingerprint density at radius 3 is 2.77 bits per heavy atom. The lowest BCUT2D eigenvalue weighted by Crippen LogP contribution is -2.28. The van der Waals surface area contributed by atoms with Crippen LogP contribution in [0, 0.1) is 11.3 Å². The average Bonchev–Trinajstić information content (AvgIpc) is 3.57. The van der Waals surface area contributed by atoms with Crippen LogP contribution in [0.15, 0.2) is 70.3 Å². The van der Waals surface area contributed by atoms with Gasteiger partial charge in [0.15, 0.2) is 0 Å². The molecule has 1 atom stereocenters. The second-order valence-electron chi connectivity index (χ2n) is 11.1. The minimum absolute atomic E-state index is 0.118. The fourth-order valence-corrected chi connectivity index (χ4v) is 6.65. The number of benzene rings is 2. The molecule has 5 rings (SSSR count). The van der Waals surface area contributed by atoms with Gasteiger partial charge >= 0.3 is 0 Å². The topological polar surface area (TPSA) is 63.8 Å². The molecule has 5 nitrogen and oxygen atoms in total. The molecule has 0 saturated heterocycles. The van der Waals surface area contributed by atoms with Crippen molar-refractivity contribution in [3.8, 4) is 5.75 Å². The molecule has 2 aromatic heterocycles. The number of halogens is 2. The first-order valence-corrected chi connectivity index (χ1v) is 14.9. The van der Waals surface area contributed by atoms with E-state index in [0.717, 1.165) is 41.0 Å². The summed E-state index contributed by atoms with van der Waals surface area (Å²) in [7, 11) is 0. The van der Waals surface area contributed by atoms with Gasteiger partial charge < -0.3 is 14.5 Å². The maximum atomic E-state index is 13.4. The SMILES string of the molecule is CC(C)(C)[C@@H]1CCc2c(sc(N=Cc3cccc(OCc4ccc(Cl)cc4Cl)c3)c2C(=O)NCc2ccco2)C1. The summed E-state index contributed by atoms with van der Waals surface area (Å²) in [6.07, 6.45) is 6.31. The molecule has 1 aliphatic rings. The highest BCUT2D eigenvalue weighted by molar-refractivity contribution is 7.16. The zero-order chi connectivity index (χ0) is 28.3. The number of thiophene rings is 1. The number of furan rings is 1. The summed E-state index contributed by atoms with van der Waals surface area (Å²) in [5, 5.41) is 4.92. The van der Waals surface area contributed by atoms with Crippen molar-refractivity contribution < 1.29 is 13.9 Å². The van der Waals surface area contributed by atoms with Crippen LogP contribution >= 0.6 is 34.5 Å². The van der Waals surface area contributed by atoms with Crippen molar-refractivity contribution in [1.82, 2.24) is 5.32 Å². The van der Waals surface area contributed by atoms with Crippen LogP contribution in [0.4, 0.5) is 5.00 Å². The van der Waals surface area contributed by atoms with Gasteiger partial charge in [-0.2, -0.15) is 0 Å². The van der Waals surface area contributed by atoms with Crippen molar-refractivity contribution in [1.29, 1.82) is 0 Å².